The lowest BCUT2D eigenvalue weighted by Gasteiger charge is -2.07. The smallest absolute Gasteiger partial charge is 0.325 e. The van der Waals surface area contributed by atoms with Gasteiger partial charge < -0.3 is 10.4 Å². The quantitative estimate of drug-likeness (QED) is 0.896. The van der Waals surface area contributed by atoms with Crippen LogP contribution >= 0.6 is 23.2 Å². The number of nitrogens with one attached hydrogen (secondary N) is 1. The van der Waals surface area contributed by atoms with E-state index in [0.29, 0.717) is 15.7 Å². The van der Waals surface area contributed by atoms with E-state index in [1.807, 2.05) is 0 Å². The Labute approximate surface area is 129 Å². The van der Waals surface area contributed by atoms with E-state index in [9.17, 15) is 9.59 Å². The molecule has 2 aromatic rings. The molecule has 1 aromatic heterocycles. The number of aryl methyl sites for hydroxylation is 1. The van der Waals surface area contributed by atoms with Gasteiger partial charge in [-0.1, -0.05) is 28.4 Å². The zero-order valence-electron chi connectivity index (χ0n) is 10.8. The number of carbonyl (C=O) groups excluding carboxylic acids is 1. The first-order chi connectivity index (χ1) is 9.86. The van der Waals surface area contributed by atoms with Crippen LogP contribution in [-0.4, -0.2) is 32.0 Å². The number of halogens is 2. The van der Waals surface area contributed by atoms with Gasteiger partial charge in [0.15, 0.2) is 5.69 Å². The molecule has 1 heterocycles. The van der Waals surface area contributed by atoms with E-state index in [-0.39, 0.29) is 12.2 Å². The molecule has 110 valence electrons. The number of rotatable bonds is 4. The van der Waals surface area contributed by atoms with Crippen LogP contribution in [0.4, 0.5) is 5.69 Å². The minimum atomic E-state index is -1.08. The Morgan fingerprint density at radius 3 is 2.71 bits per heavy atom. The Morgan fingerprint density at radius 2 is 2.05 bits per heavy atom. The van der Waals surface area contributed by atoms with E-state index >= 15 is 0 Å². The number of amides is 1. The third-order valence-corrected chi connectivity index (χ3v) is 3.28. The summed E-state index contributed by atoms with van der Waals surface area (Å²) < 4.78 is 1.04. The zero-order chi connectivity index (χ0) is 15.6. The summed E-state index contributed by atoms with van der Waals surface area (Å²) in [6.07, 6.45) is 1.23. The summed E-state index contributed by atoms with van der Waals surface area (Å²) in [5, 5.41) is 19.1. The fraction of sp³-hybridized carbons (Fsp3) is 0.167. The molecule has 0 saturated heterocycles. The molecule has 2 rings (SSSR count). The Bertz CT molecular complexity index is 715. The number of carboxylic acids is 1. The van der Waals surface area contributed by atoms with E-state index in [4.69, 9.17) is 28.3 Å². The molecule has 1 aromatic carbocycles. The number of anilines is 1. The average molecular weight is 329 g/mol. The van der Waals surface area contributed by atoms with Crippen LogP contribution in [0.5, 0.6) is 0 Å². The topological polar surface area (TPSA) is 97.1 Å². The minimum absolute atomic E-state index is 0.0241. The summed E-state index contributed by atoms with van der Waals surface area (Å²) in [5.74, 6) is -1.64. The maximum absolute atomic E-state index is 12.0. The lowest BCUT2D eigenvalue weighted by molar-refractivity contribution is -0.137. The Balaban J connectivity index is 2.16. The minimum Gasteiger partial charge on any atom is -0.480 e. The Hall–Kier alpha value is -2.12. The molecule has 0 aliphatic rings. The van der Waals surface area contributed by atoms with Crippen LogP contribution in [0, 0.1) is 6.92 Å². The van der Waals surface area contributed by atoms with Crippen molar-refractivity contribution in [2.45, 2.75) is 13.5 Å². The first-order valence-electron chi connectivity index (χ1n) is 5.75. The van der Waals surface area contributed by atoms with Crippen molar-refractivity contribution in [3.05, 3.63) is 39.6 Å². The summed E-state index contributed by atoms with van der Waals surface area (Å²) in [6, 6.07) is 3.15. The molecule has 0 unspecified atom stereocenters. The lowest BCUT2D eigenvalue weighted by atomic mass is 10.2. The maximum atomic E-state index is 12.0. The number of hydrogen-bond donors (Lipinski definition) is 2. The Kier molecular flexibility index (Phi) is 4.44. The summed E-state index contributed by atoms with van der Waals surface area (Å²) in [4.78, 5) is 22.5. The van der Waals surface area contributed by atoms with Gasteiger partial charge in [-0.15, -0.1) is 5.10 Å². The van der Waals surface area contributed by atoms with Crippen molar-refractivity contribution in [3.63, 3.8) is 0 Å². The summed E-state index contributed by atoms with van der Waals surface area (Å²) in [7, 11) is 0. The van der Waals surface area contributed by atoms with E-state index in [1.54, 1.807) is 13.0 Å². The van der Waals surface area contributed by atoms with E-state index in [0.717, 1.165) is 10.2 Å². The van der Waals surface area contributed by atoms with Crippen LogP contribution in [0.3, 0.4) is 0 Å². The molecule has 1 amide bonds. The van der Waals surface area contributed by atoms with Gasteiger partial charge in [-0.25, -0.2) is 4.68 Å². The predicted octanol–water partition coefficient (Wildman–Crippen LogP) is 2.23. The van der Waals surface area contributed by atoms with Crippen molar-refractivity contribution in [1.29, 1.82) is 0 Å². The lowest BCUT2D eigenvalue weighted by Crippen LogP contribution is -2.13. The number of aliphatic carboxylic acids is 1. The second-order valence-electron chi connectivity index (χ2n) is 4.23. The average Bonchev–Trinajstić information content (AvgIpc) is 2.83. The van der Waals surface area contributed by atoms with Crippen molar-refractivity contribution in [2.24, 2.45) is 0 Å². The highest BCUT2D eigenvalue weighted by Crippen LogP contribution is 2.28. The number of benzene rings is 1. The van der Waals surface area contributed by atoms with Crippen molar-refractivity contribution in [1.82, 2.24) is 15.0 Å². The molecule has 9 heteroatoms. The van der Waals surface area contributed by atoms with Crippen LogP contribution in [-0.2, 0) is 11.3 Å². The van der Waals surface area contributed by atoms with Gasteiger partial charge in [0, 0.05) is 5.02 Å². The molecule has 21 heavy (non-hydrogen) atoms. The van der Waals surface area contributed by atoms with Crippen molar-refractivity contribution in [3.8, 4) is 0 Å². The van der Waals surface area contributed by atoms with Gasteiger partial charge in [0.2, 0.25) is 0 Å². The molecule has 0 aliphatic heterocycles. The number of nitrogens with zero attached hydrogens (tertiary/aromatic N) is 3. The van der Waals surface area contributed by atoms with Crippen LogP contribution in [0.1, 0.15) is 16.1 Å². The third kappa shape index (κ3) is 3.71. The van der Waals surface area contributed by atoms with Crippen molar-refractivity contribution in [2.75, 3.05) is 5.32 Å². The second kappa shape index (κ2) is 6.11. The van der Waals surface area contributed by atoms with Crippen LogP contribution in [0.15, 0.2) is 18.3 Å². The third-order valence-electron chi connectivity index (χ3n) is 2.57. The fourth-order valence-corrected chi connectivity index (χ4v) is 1.98. The Morgan fingerprint density at radius 1 is 1.33 bits per heavy atom. The molecular weight excluding hydrogens is 319 g/mol. The standard InChI is InChI=1S/C12H10Cl2N4O3/c1-6-2-8(14)9(3-7(6)13)15-12(21)10-4-18(17-16-10)5-11(19)20/h2-4H,5H2,1H3,(H,15,21)(H,19,20). The molecule has 2 N–H and O–H groups in total. The van der Waals surface area contributed by atoms with E-state index in [2.05, 4.69) is 15.6 Å². The largest absolute Gasteiger partial charge is 0.480 e. The molecular formula is C12H10Cl2N4O3. The molecule has 0 atom stereocenters. The second-order valence-corrected chi connectivity index (χ2v) is 5.04. The molecule has 0 saturated carbocycles. The number of carboxylic acid groups (broad SMARTS) is 1. The highest BCUT2D eigenvalue weighted by atomic mass is 35.5. The summed E-state index contributed by atoms with van der Waals surface area (Å²) >= 11 is 12.0. The van der Waals surface area contributed by atoms with E-state index < -0.39 is 11.9 Å². The predicted molar refractivity (Wildman–Crippen MR) is 76.8 cm³/mol. The molecule has 7 nitrogen and oxygen atoms in total. The molecule has 0 radical (unpaired) electrons. The first-order valence-corrected chi connectivity index (χ1v) is 6.51. The van der Waals surface area contributed by atoms with Gasteiger partial charge in [-0.05, 0) is 24.6 Å². The summed E-state index contributed by atoms with van der Waals surface area (Å²) in [6.45, 7) is 1.41. The first kappa shape index (κ1) is 15.3. The van der Waals surface area contributed by atoms with Crippen LogP contribution in [0.2, 0.25) is 10.0 Å². The van der Waals surface area contributed by atoms with Crippen LogP contribution < -0.4 is 5.32 Å². The SMILES string of the molecule is Cc1cc(Cl)c(NC(=O)c2cn(CC(=O)O)nn2)cc1Cl. The monoisotopic (exact) mass is 328 g/mol. The zero-order valence-corrected chi connectivity index (χ0v) is 12.3. The van der Waals surface area contributed by atoms with E-state index in [1.165, 1.54) is 12.3 Å². The van der Waals surface area contributed by atoms with Gasteiger partial charge in [-0.2, -0.15) is 0 Å². The fourth-order valence-electron chi connectivity index (χ4n) is 1.55. The molecule has 0 fully saturated rings. The van der Waals surface area contributed by atoms with Gasteiger partial charge in [0.25, 0.3) is 5.91 Å². The van der Waals surface area contributed by atoms with Gasteiger partial charge >= 0.3 is 5.97 Å². The maximum Gasteiger partial charge on any atom is 0.325 e. The molecule has 0 aliphatic carbocycles. The molecule has 0 bridgehead atoms. The normalized spacial score (nSPS) is 10.4. The van der Waals surface area contributed by atoms with Crippen molar-refractivity contribution >= 4 is 40.8 Å². The summed E-state index contributed by atoms with van der Waals surface area (Å²) in [5.41, 5.74) is 1.10. The van der Waals surface area contributed by atoms with Gasteiger partial charge in [0.05, 0.1) is 16.9 Å². The van der Waals surface area contributed by atoms with Gasteiger partial charge in [0.1, 0.15) is 6.54 Å². The number of aromatic nitrogens is 3. The number of hydrogen-bond acceptors (Lipinski definition) is 4. The molecule has 0 spiro atoms. The highest BCUT2D eigenvalue weighted by molar-refractivity contribution is 6.36. The number of carbonyl (C=O) groups is 2. The highest BCUT2D eigenvalue weighted by Gasteiger charge is 2.14. The van der Waals surface area contributed by atoms with Gasteiger partial charge in [-0.3, -0.25) is 9.59 Å². The van der Waals surface area contributed by atoms with Crippen LogP contribution in [0.25, 0.3) is 0 Å². The van der Waals surface area contributed by atoms with Crippen molar-refractivity contribution < 1.29 is 14.7 Å².